The topological polar surface area (TPSA) is 116 Å². The molecule has 2 heterocycles. The van der Waals surface area contributed by atoms with E-state index in [-0.39, 0.29) is 6.61 Å². The van der Waals surface area contributed by atoms with Gasteiger partial charge in [-0.1, -0.05) is 12.1 Å². The first-order valence-electron chi connectivity index (χ1n) is 8.75. The second-order valence-electron chi connectivity index (χ2n) is 6.46. The highest BCUT2D eigenvalue weighted by atomic mass is 19.1. The van der Waals surface area contributed by atoms with Crippen LogP contribution in [0.5, 0.6) is 5.88 Å². The molecular weight excluding hydrogens is 377 g/mol. The molecule has 3 rings (SSSR count). The zero-order chi connectivity index (χ0) is 21.1. The summed E-state index contributed by atoms with van der Waals surface area (Å²) in [4.78, 5) is 15.9. The number of carbonyl (C=O) groups is 1. The molecule has 29 heavy (non-hydrogen) atoms. The molecule has 0 radical (unpaired) electrons. The lowest BCUT2D eigenvalue weighted by molar-refractivity contribution is 0.216. The fraction of sp³-hybridized carbons (Fsp3) is 0.211. The number of halogens is 1. The van der Waals surface area contributed by atoms with E-state index in [1.54, 1.807) is 42.1 Å². The predicted octanol–water partition coefficient (Wildman–Crippen LogP) is 2.21. The number of pyridine rings is 1. The minimum atomic E-state index is -0.569. The minimum Gasteiger partial charge on any atom is -0.472 e. The van der Waals surface area contributed by atoms with Crippen molar-refractivity contribution < 1.29 is 13.9 Å². The van der Waals surface area contributed by atoms with Gasteiger partial charge in [-0.15, -0.1) is 5.10 Å². The molecule has 0 aliphatic carbocycles. The summed E-state index contributed by atoms with van der Waals surface area (Å²) in [6, 6.07) is 9.36. The van der Waals surface area contributed by atoms with Crippen LogP contribution in [0, 0.1) is 19.8 Å². The molecular formula is C19H22FN7O2. The van der Waals surface area contributed by atoms with E-state index in [2.05, 4.69) is 10.1 Å². The van der Waals surface area contributed by atoms with E-state index in [9.17, 15) is 9.18 Å². The third-order valence-corrected chi connectivity index (χ3v) is 4.35. The van der Waals surface area contributed by atoms with E-state index >= 15 is 0 Å². The van der Waals surface area contributed by atoms with Gasteiger partial charge >= 0.3 is 6.03 Å². The summed E-state index contributed by atoms with van der Waals surface area (Å²) < 4.78 is 20.6. The Labute approximate surface area is 167 Å². The highest BCUT2D eigenvalue weighted by molar-refractivity contribution is 5.91. The largest absolute Gasteiger partial charge is 0.472 e. The molecule has 152 valence electrons. The van der Waals surface area contributed by atoms with Gasteiger partial charge in [0, 0.05) is 24.9 Å². The zero-order valence-electron chi connectivity index (χ0n) is 16.3. The number of rotatable bonds is 5. The highest BCUT2D eigenvalue weighted by Gasteiger charge is 2.19. The first-order chi connectivity index (χ1) is 13.8. The fourth-order valence-corrected chi connectivity index (χ4v) is 2.80. The number of hydrogen-bond acceptors (Lipinski definition) is 6. The monoisotopic (exact) mass is 399 g/mol. The quantitative estimate of drug-likeness (QED) is 0.294. The molecule has 0 fully saturated rings. The molecule has 0 aliphatic heterocycles. The lowest BCUT2D eigenvalue weighted by Crippen LogP contribution is -2.49. The number of carbonyl (C=O) groups excluding carboxylic acids is 1. The van der Waals surface area contributed by atoms with Gasteiger partial charge in [-0.3, -0.25) is 5.01 Å². The van der Waals surface area contributed by atoms with Gasteiger partial charge in [0.15, 0.2) is 0 Å². The summed E-state index contributed by atoms with van der Waals surface area (Å²) in [7, 11) is 1.41. The maximum atomic E-state index is 13.2. The standard InChI is InChI=1S/C19H22FN7O2/c1-12-5-4-6-16(27(22)19(28)25(3)21)14(12)11-29-18-9-10-26(24-18)15-7-8-17(20)23-13(15)2/h4-10H,11,21-22H2,1-3H3. The molecule has 0 bridgehead atoms. The number of nitrogens with zero attached hydrogens (tertiary/aromatic N) is 5. The molecule has 9 nitrogen and oxygen atoms in total. The van der Waals surface area contributed by atoms with Crippen LogP contribution in [0.4, 0.5) is 14.9 Å². The Bertz CT molecular complexity index is 1040. The second-order valence-corrected chi connectivity index (χ2v) is 6.46. The van der Waals surface area contributed by atoms with Crippen molar-refractivity contribution in [1.29, 1.82) is 0 Å². The number of hydrazine groups is 2. The van der Waals surface area contributed by atoms with Crippen LogP contribution in [0.1, 0.15) is 16.8 Å². The summed E-state index contributed by atoms with van der Waals surface area (Å²) >= 11 is 0. The molecule has 1 aromatic carbocycles. The molecule has 0 saturated heterocycles. The molecule has 3 aromatic rings. The van der Waals surface area contributed by atoms with Gasteiger partial charge in [-0.2, -0.15) is 4.39 Å². The lowest BCUT2D eigenvalue weighted by Gasteiger charge is -2.24. The van der Waals surface area contributed by atoms with Crippen molar-refractivity contribution in [2.75, 3.05) is 12.1 Å². The Morgan fingerprint density at radius 2 is 1.97 bits per heavy atom. The number of benzene rings is 1. The van der Waals surface area contributed by atoms with E-state index in [1.165, 1.54) is 13.1 Å². The molecule has 2 amide bonds. The minimum absolute atomic E-state index is 0.134. The van der Waals surface area contributed by atoms with E-state index < -0.39 is 12.0 Å². The van der Waals surface area contributed by atoms with Crippen molar-refractivity contribution in [2.24, 2.45) is 11.7 Å². The summed E-state index contributed by atoms with van der Waals surface area (Å²) in [6.45, 7) is 3.72. The molecule has 2 aromatic heterocycles. The van der Waals surface area contributed by atoms with E-state index in [0.29, 0.717) is 22.9 Å². The molecule has 4 N–H and O–H groups in total. The van der Waals surface area contributed by atoms with Crippen LogP contribution in [0.2, 0.25) is 0 Å². The Balaban J connectivity index is 1.81. The summed E-state index contributed by atoms with van der Waals surface area (Å²) in [5.74, 6) is 11.2. The van der Waals surface area contributed by atoms with Crippen molar-refractivity contribution in [3.63, 3.8) is 0 Å². The lowest BCUT2D eigenvalue weighted by atomic mass is 10.1. The number of nitrogens with two attached hydrogens (primary N) is 2. The number of anilines is 1. The summed E-state index contributed by atoms with van der Waals surface area (Å²) in [5, 5.41) is 6.21. The Kier molecular flexibility index (Phi) is 5.76. The number of amides is 2. The second kappa shape index (κ2) is 8.25. The van der Waals surface area contributed by atoms with Crippen molar-refractivity contribution >= 4 is 11.7 Å². The van der Waals surface area contributed by atoms with Crippen molar-refractivity contribution in [3.8, 4) is 11.6 Å². The number of aryl methyl sites for hydroxylation is 2. The third kappa shape index (κ3) is 4.33. The van der Waals surface area contributed by atoms with Crippen LogP contribution >= 0.6 is 0 Å². The maximum Gasteiger partial charge on any atom is 0.352 e. The zero-order valence-corrected chi connectivity index (χ0v) is 16.3. The molecule has 10 heteroatoms. The van der Waals surface area contributed by atoms with Crippen molar-refractivity contribution in [2.45, 2.75) is 20.5 Å². The van der Waals surface area contributed by atoms with Crippen molar-refractivity contribution in [3.05, 3.63) is 65.4 Å². The maximum absolute atomic E-state index is 13.2. The van der Waals surface area contributed by atoms with Crippen LogP contribution < -0.4 is 21.4 Å². The molecule has 0 spiro atoms. The van der Waals surface area contributed by atoms with Crippen LogP contribution in [0.25, 0.3) is 5.69 Å². The number of aromatic nitrogens is 3. The predicted molar refractivity (Wildman–Crippen MR) is 106 cm³/mol. The molecule has 0 saturated carbocycles. The van der Waals surface area contributed by atoms with Crippen LogP contribution in [0.15, 0.2) is 42.6 Å². The molecule has 0 aliphatic rings. The van der Waals surface area contributed by atoms with Gasteiger partial charge < -0.3 is 4.74 Å². The van der Waals surface area contributed by atoms with Gasteiger partial charge in [0.1, 0.15) is 6.61 Å². The third-order valence-electron chi connectivity index (χ3n) is 4.35. The van der Waals surface area contributed by atoms with Gasteiger partial charge in [-0.25, -0.2) is 31.2 Å². The smallest absolute Gasteiger partial charge is 0.352 e. The number of urea groups is 1. The summed E-state index contributed by atoms with van der Waals surface area (Å²) in [6.07, 6.45) is 1.69. The van der Waals surface area contributed by atoms with Crippen LogP contribution in [-0.4, -0.2) is 32.9 Å². The van der Waals surface area contributed by atoms with Crippen molar-refractivity contribution in [1.82, 2.24) is 19.8 Å². The number of hydrogen-bond donors (Lipinski definition) is 2. The molecule has 0 atom stereocenters. The van der Waals surface area contributed by atoms with Gasteiger partial charge in [-0.05, 0) is 37.6 Å². The van der Waals surface area contributed by atoms with Gasteiger partial charge in [0.25, 0.3) is 0 Å². The highest BCUT2D eigenvalue weighted by Crippen LogP contribution is 2.24. The average molecular weight is 399 g/mol. The fourth-order valence-electron chi connectivity index (χ4n) is 2.80. The van der Waals surface area contributed by atoms with E-state index in [1.807, 2.05) is 13.0 Å². The Morgan fingerprint density at radius 3 is 2.66 bits per heavy atom. The van der Waals surface area contributed by atoms with Gasteiger partial charge in [0.05, 0.1) is 17.1 Å². The number of ether oxygens (including phenoxy) is 1. The van der Waals surface area contributed by atoms with Crippen LogP contribution in [0.3, 0.4) is 0 Å². The Hall–Kier alpha value is -3.50. The van der Waals surface area contributed by atoms with Crippen LogP contribution in [-0.2, 0) is 6.61 Å². The first-order valence-corrected chi connectivity index (χ1v) is 8.75. The van der Waals surface area contributed by atoms with E-state index in [0.717, 1.165) is 21.1 Å². The Morgan fingerprint density at radius 1 is 1.21 bits per heavy atom. The van der Waals surface area contributed by atoms with E-state index in [4.69, 9.17) is 16.4 Å². The average Bonchev–Trinajstić information content (AvgIpc) is 3.14. The normalized spacial score (nSPS) is 10.7. The first kappa shape index (κ1) is 20.2. The molecule has 0 unspecified atom stereocenters. The van der Waals surface area contributed by atoms with Gasteiger partial charge in [0.2, 0.25) is 11.8 Å². The summed E-state index contributed by atoms with van der Waals surface area (Å²) in [5.41, 5.74) is 3.24. The SMILES string of the molecule is Cc1cccc(N(N)C(=O)N(C)N)c1COc1ccn(-c2ccc(F)nc2C)n1.